The highest BCUT2D eigenvalue weighted by Crippen LogP contribution is 2.27. The van der Waals surface area contributed by atoms with Crippen LogP contribution in [0.25, 0.3) is 11.0 Å². The summed E-state index contributed by atoms with van der Waals surface area (Å²) >= 11 is 0. The third-order valence-corrected chi connectivity index (χ3v) is 3.31. The maximum absolute atomic E-state index is 13.2. The Kier molecular flexibility index (Phi) is 3.39. The van der Waals surface area contributed by atoms with Gasteiger partial charge < -0.3 is 10.3 Å². The number of halogens is 1. The number of nitrogens with two attached hydrogens (primary N) is 1. The lowest BCUT2D eigenvalue weighted by Crippen LogP contribution is -2.36. The van der Waals surface area contributed by atoms with E-state index in [9.17, 15) is 4.39 Å². The Hall–Kier alpha value is -1.42. The maximum Gasteiger partial charge on any atom is 0.129 e. The molecule has 18 heavy (non-hydrogen) atoms. The van der Waals surface area contributed by atoms with Crippen LogP contribution >= 0.6 is 0 Å². The second-order valence-electron chi connectivity index (χ2n) is 4.98. The normalized spacial score (nSPS) is 14.9. The predicted octanol–water partition coefficient (Wildman–Crippen LogP) is 3.17. The van der Waals surface area contributed by atoms with Crippen molar-refractivity contribution in [1.29, 1.82) is 0 Å². The van der Waals surface area contributed by atoms with Crippen molar-refractivity contribution >= 4 is 11.0 Å². The fourth-order valence-electron chi connectivity index (χ4n) is 2.49. The van der Waals surface area contributed by atoms with E-state index in [1.54, 1.807) is 6.07 Å². The quantitative estimate of drug-likeness (QED) is 0.904. The van der Waals surface area contributed by atoms with Crippen molar-refractivity contribution in [3.05, 3.63) is 29.8 Å². The molecule has 0 radical (unpaired) electrons. The number of benzene rings is 1. The summed E-state index contributed by atoms with van der Waals surface area (Å²) in [5.74, 6) is 0.580. The van der Waals surface area contributed by atoms with Gasteiger partial charge in [-0.25, -0.2) is 9.37 Å². The average Bonchev–Trinajstić information content (AvgIpc) is 2.67. The summed E-state index contributed by atoms with van der Waals surface area (Å²) in [7, 11) is 0. The molecule has 1 aromatic heterocycles. The molecular weight excluding hydrogens is 229 g/mol. The molecule has 0 aliphatic carbocycles. The van der Waals surface area contributed by atoms with Gasteiger partial charge in [0.1, 0.15) is 11.6 Å². The molecule has 0 aliphatic heterocycles. The standard InChI is InChI=1S/C14H20FN3/c1-4-8-14(3,16)13-17-11-9-10(15)6-7-12(11)18(13)5-2/h6-7,9H,4-5,8,16H2,1-3H3. The van der Waals surface area contributed by atoms with E-state index in [1.807, 2.05) is 6.92 Å². The molecule has 0 amide bonds. The third kappa shape index (κ3) is 2.12. The van der Waals surface area contributed by atoms with Gasteiger partial charge in [0.05, 0.1) is 16.6 Å². The molecule has 0 bridgehead atoms. The monoisotopic (exact) mass is 249 g/mol. The molecule has 0 saturated carbocycles. The van der Waals surface area contributed by atoms with Crippen LogP contribution in [-0.2, 0) is 12.1 Å². The molecule has 2 rings (SSSR count). The number of aromatic nitrogens is 2. The van der Waals surface area contributed by atoms with Gasteiger partial charge in [0.2, 0.25) is 0 Å². The van der Waals surface area contributed by atoms with E-state index >= 15 is 0 Å². The zero-order valence-corrected chi connectivity index (χ0v) is 11.2. The van der Waals surface area contributed by atoms with Gasteiger partial charge in [-0.1, -0.05) is 13.3 Å². The molecule has 0 aliphatic rings. The Bertz CT molecular complexity index is 557. The van der Waals surface area contributed by atoms with E-state index in [4.69, 9.17) is 5.73 Å². The molecule has 98 valence electrons. The minimum atomic E-state index is -0.472. The van der Waals surface area contributed by atoms with Crippen molar-refractivity contribution in [3.8, 4) is 0 Å². The molecule has 1 unspecified atom stereocenters. The maximum atomic E-state index is 13.2. The lowest BCUT2D eigenvalue weighted by molar-refractivity contribution is 0.403. The van der Waals surface area contributed by atoms with Gasteiger partial charge in [0.25, 0.3) is 0 Å². The zero-order chi connectivity index (χ0) is 13.3. The van der Waals surface area contributed by atoms with E-state index in [0.717, 1.165) is 30.7 Å². The summed E-state index contributed by atoms with van der Waals surface area (Å²) < 4.78 is 15.3. The Morgan fingerprint density at radius 1 is 1.39 bits per heavy atom. The smallest absolute Gasteiger partial charge is 0.129 e. The first-order chi connectivity index (χ1) is 8.49. The minimum absolute atomic E-state index is 0.260. The highest BCUT2D eigenvalue weighted by atomic mass is 19.1. The van der Waals surface area contributed by atoms with Crippen LogP contribution in [0.3, 0.4) is 0 Å². The summed E-state index contributed by atoms with van der Waals surface area (Å²) in [6, 6.07) is 4.70. The molecule has 1 atom stereocenters. The van der Waals surface area contributed by atoms with Crippen LogP contribution < -0.4 is 5.73 Å². The van der Waals surface area contributed by atoms with Crippen LogP contribution in [0.2, 0.25) is 0 Å². The molecule has 2 aromatic rings. The number of aryl methyl sites for hydroxylation is 1. The zero-order valence-electron chi connectivity index (χ0n) is 11.2. The average molecular weight is 249 g/mol. The number of fused-ring (bicyclic) bond motifs is 1. The van der Waals surface area contributed by atoms with Crippen LogP contribution in [0.4, 0.5) is 4.39 Å². The second kappa shape index (κ2) is 4.69. The Morgan fingerprint density at radius 3 is 2.72 bits per heavy atom. The first-order valence-electron chi connectivity index (χ1n) is 6.44. The Balaban J connectivity index is 2.63. The van der Waals surface area contributed by atoms with Gasteiger partial charge in [-0.15, -0.1) is 0 Å². The first kappa shape index (κ1) is 13.0. The third-order valence-electron chi connectivity index (χ3n) is 3.31. The summed E-state index contributed by atoms with van der Waals surface area (Å²) in [4.78, 5) is 4.53. The van der Waals surface area contributed by atoms with Crippen LogP contribution in [0, 0.1) is 5.82 Å². The van der Waals surface area contributed by atoms with Crippen LogP contribution in [0.1, 0.15) is 39.4 Å². The van der Waals surface area contributed by atoms with E-state index in [0.29, 0.717) is 5.52 Å². The Labute approximate surface area is 107 Å². The SMILES string of the molecule is CCCC(C)(N)c1nc2cc(F)ccc2n1CC. The first-order valence-corrected chi connectivity index (χ1v) is 6.44. The number of hydrogen-bond acceptors (Lipinski definition) is 2. The fraction of sp³-hybridized carbons (Fsp3) is 0.500. The topological polar surface area (TPSA) is 43.8 Å². The van der Waals surface area contributed by atoms with Gasteiger partial charge in [-0.2, -0.15) is 0 Å². The lowest BCUT2D eigenvalue weighted by Gasteiger charge is -2.24. The summed E-state index contributed by atoms with van der Waals surface area (Å²) in [6.45, 7) is 6.92. The molecule has 0 spiro atoms. The van der Waals surface area contributed by atoms with E-state index in [1.165, 1.54) is 12.1 Å². The van der Waals surface area contributed by atoms with E-state index in [2.05, 4.69) is 23.4 Å². The highest BCUT2D eigenvalue weighted by molar-refractivity contribution is 5.76. The number of nitrogens with zero attached hydrogens (tertiary/aromatic N) is 2. The minimum Gasteiger partial charge on any atom is -0.327 e. The van der Waals surface area contributed by atoms with Crippen molar-refractivity contribution in [3.63, 3.8) is 0 Å². The molecule has 1 heterocycles. The van der Waals surface area contributed by atoms with Crippen molar-refractivity contribution in [2.75, 3.05) is 0 Å². The molecule has 0 saturated heterocycles. The summed E-state index contributed by atoms with van der Waals surface area (Å²) in [5.41, 5.74) is 7.50. The van der Waals surface area contributed by atoms with Crippen LogP contribution in [-0.4, -0.2) is 9.55 Å². The van der Waals surface area contributed by atoms with Crippen LogP contribution in [0.5, 0.6) is 0 Å². The highest BCUT2D eigenvalue weighted by Gasteiger charge is 2.27. The van der Waals surface area contributed by atoms with Crippen molar-refractivity contribution in [2.24, 2.45) is 5.73 Å². The number of rotatable bonds is 4. The van der Waals surface area contributed by atoms with Gasteiger partial charge in [-0.3, -0.25) is 0 Å². The van der Waals surface area contributed by atoms with E-state index < -0.39 is 5.54 Å². The van der Waals surface area contributed by atoms with Gasteiger partial charge in [0.15, 0.2) is 0 Å². The van der Waals surface area contributed by atoms with Crippen molar-refractivity contribution < 1.29 is 4.39 Å². The molecule has 0 fully saturated rings. The van der Waals surface area contributed by atoms with Crippen molar-refractivity contribution in [1.82, 2.24) is 9.55 Å². The molecule has 2 N–H and O–H groups in total. The predicted molar refractivity (Wildman–Crippen MR) is 71.8 cm³/mol. The number of hydrogen-bond donors (Lipinski definition) is 1. The van der Waals surface area contributed by atoms with Gasteiger partial charge in [-0.05, 0) is 32.4 Å². The number of imidazole rings is 1. The Morgan fingerprint density at radius 2 is 2.11 bits per heavy atom. The fourth-order valence-corrected chi connectivity index (χ4v) is 2.49. The molecule has 3 nitrogen and oxygen atoms in total. The van der Waals surface area contributed by atoms with Crippen LogP contribution in [0.15, 0.2) is 18.2 Å². The molecule has 1 aromatic carbocycles. The van der Waals surface area contributed by atoms with Gasteiger partial charge >= 0.3 is 0 Å². The van der Waals surface area contributed by atoms with E-state index in [-0.39, 0.29) is 5.82 Å². The van der Waals surface area contributed by atoms with Crippen molar-refractivity contribution in [2.45, 2.75) is 45.7 Å². The molecular formula is C14H20FN3. The largest absolute Gasteiger partial charge is 0.327 e. The second-order valence-corrected chi connectivity index (χ2v) is 4.98. The lowest BCUT2D eigenvalue weighted by atomic mass is 9.96. The summed E-state index contributed by atoms with van der Waals surface area (Å²) in [5, 5.41) is 0. The molecule has 4 heteroatoms. The van der Waals surface area contributed by atoms with Gasteiger partial charge in [0, 0.05) is 12.6 Å². The summed E-state index contributed by atoms with van der Waals surface area (Å²) in [6.07, 6.45) is 1.85.